The number of anilines is 1. The van der Waals surface area contributed by atoms with Crippen LogP contribution in [0.3, 0.4) is 0 Å². The fraction of sp³-hybridized carbons (Fsp3) is 0.259. The molecule has 1 aromatic heterocycles. The van der Waals surface area contributed by atoms with Crippen LogP contribution in [0.4, 0.5) is 5.69 Å². The average molecular weight is 488 g/mol. The first kappa shape index (κ1) is 23.0. The average Bonchev–Trinajstić information content (AvgIpc) is 3.31. The van der Waals surface area contributed by atoms with Gasteiger partial charge in [-0.2, -0.15) is 0 Å². The topological polar surface area (TPSA) is 81.0 Å². The lowest BCUT2D eigenvalue weighted by Crippen LogP contribution is -2.41. The molecule has 0 fully saturated rings. The van der Waals surface area contributed by atoms with Crippen molar-refractivity contribution in [2.75, 3.05) is 18.1 Å². The number of hydrogen-bond donors (Lipinski definition) is 0. The SMILES string of the molecule is CCOC(=O)C1=C(C)N=c2sc(=C3C(=O)N(CC)c4ccccc43)c(=O)n2C1c1ccc(C)cc1. The maximum absolute atomic E-state index is 14.0. The zero-order chi connectivity index (χ0) is 24.9. The molecule has 7 nitrogen and oxygen atoms in total. The fourth-order valence-electron chi connectivity index (χ4n) is 4.72. The molecule has 5 rings (SSSR count). The number of fused-ring (bicyclic) bond motifs is 2. The molecule has 2 aliphatic heterocycles. The highest BCUT2D eigenvalue weighted by atomic mass is 32.1. The van der Waals surface area contributed by atoms with Gasteiger partial charge in [0.25, 0.3) is 11.5 Å². The molecule has 1 unspecified atom stereocenters. The first-order chi connectivity index (χ1) is 16.9. The molecule has 2 aromatic carbocycles. The largest absolute Gasteiger partial charge is 0.463 e. The molecule has 0 N–H and O–H groups in total. The molecule has 178 valence electrons. The minimum Gasteiger partial charge on any atom is -0.463 e. The van der Waals surface area contributed by atoms with E-state index in [0.717, 1.165) is 22.4 Å². The maximum atomic E-state index is 14.0. The Morgan fingerprint density at radius 3 is 2.46 bits per heavy atom. The minimum atomic E-state index is -0.700. The Hall–Kier alpha value is -3.78. The van der Waals surface area contributed by atoms with E-state index in [4.69, 9.17) is 4.74 Å². The van der Waals surface area contributed by atoms with Crippen LogP contribution in [-0.4, -0.2) is 29.6 Å². The van der Waals surface area contributed by atoms with Crippen molar-refractivity contribution in [2.24, 2.45) is 4.99 Å². The van der Waals surface area contributed by atoms with Crippen LogP contribution in [-0.2, 0) is 14.3 Å². The van der Waals surface area contributed by atoms with Gasteiger partial charge in [0, 0.05) is 12.1 Å². The highest BCUT2D eigenvalue weighted by Crippen LogP contribution is 2.35. The van der Waals surface area contributed by atoms with Crippen LogP contribution in [0.25, 0.3) is 5.57 Å². The summed E-state index contributed by atoms with van der Waals surface area (Å²) >= 11 is 1.18. The van der Waals surface area contributed by atoms with Crippen molar-refractivity contribution in [3.63, 3.8) is 0 Å². The molecule has 0 saturated carbocycles. The number of ether oxygens (including phenoxy) is 1. The quantitative estimate of drug-likeness (QED) is 0.530. The third-order valence-corrected chi connectivity index (χ3v) is 7.41. The van der Waals surface area contributed by atoms with Crippen molar-refractivity contribution in [1.29, 1.82) is 0 Å². The normalized spacial score (nSPS) is 18.3. The van der Waals surface area contributed by atoms with Crippen molar-refractivity contribution in [3.8, 4) is 0 Å². The lowest BCUT2D eigenvalue weighted by Gasteiger charge is -2.24. The van der Waals surface area contributed by atoms with Crippen LogP contribution in [0.1, 0.15) is 43.5 Å². The second kappa shape index (κ2) is 8.78. The van der Waals surface area contributed by atoms with Crippen LogP contribution in [0.5, 0.6) is 0 Å². The van der Waals surface area contributed by atoms with E-state index in [2.05, 4.69) is 4.99 Å². The standard InChI is InChI=1S/C27H25N3O4S/c1-5-29-19-10-8-7-9-18(19)21(24(29)31)23-25(32)30-22(17-13-11-15(3)12-14-17)20(26(33)34-6-2)16(4)28-27(30)35-23/h7-14,22H,5-6H2,1-4H3. The molecule has 3 heterocycles. The van der Waals surface area contributed by atoms with Crippen molar-refractivity contribution < 1.29 is 14.3 Å². The van der Waals surface area contributed by atoms with Crippen molar-refractivity contribution in [1.82, 2.24) is 4.57 Å². The van der Waals surface area contributed by atoms with E-state index in [0.29, 0.717) is 32.7 Å². The Morgan fingerprint density at radius 1 is 1.06 bits per heavy atom. The Bertz CT molecular complexity index is 1580. The van der Waals surface area contributed by atoms with E-state index in [-0.39, 0.29) is 18.1 Å². The third-order valence-electron chi connectivity index (χ3n) is 6.35. The lowest BCUT2D eigenvalue weighted by atomic mass is 9.95. The first-order valence-corrected chi connectivity index (χ1v) is 12.4. The van der Waals surface area contributed by atoms with Gasteiger partial charge in [0.05, 0.1) is 35.2 Å². The molecule has 1 amide bonds. The van der Waals surface area contributed by atoms with Crippen LogP contribution in [0, 0.1) is 6.92 Å². The van der Waals surface area contributed by atoms with Gasteiger partial charge in [-0.05, 0) is 39.3 Å². The van der Waals surface area contributed by atoms with Gasteiger partial charge >= 0.3 is 5.97 Å². The molecule has 0 spiro atoms. The van der Waals surface area contributed by atoms with Gasteiger partial charge in [-0.25, -0.2) is 9.79 Å². The predicted molar refractivity (Wildman–Crippen MR) is 135 cm³/mol. The number of carbonyl (C=O) groups is 2. The molecule has 0 radical (unpaired) electrons. The van der Waals surface area contributed by atoms with E-state index >= 15 is 0 Å². The summed E-state index contributed by atoms with van der Waals surface area (Å²) in [5.41, 5.74) is 4.23. The summed E-state index contributed by atoms with van der Waals surface area (Å²) in [6.07, 6.45) is 0. The van der Waals surface area contributed by atoms with Crippen molar-refractivity contribution in [3.05, 3.63) is 96.2 Å². The van der Waals surface area contributed by atoms with Crippen molar-refractivity contribution in [2.45, 2.75) is 33.7 Å². The Kier molecular flexibility index (Phi) is 5.76. The Balaban J connectivity index is 1.83. The summed E-state index contributed by atoms with van der Waals surface area (Å²) in [5.74, 6) is -0.705. The number of aryl methyl sites for hydroxylation is 1. The van der Waals surface area contributed by atoms with Gasteiger partial charge < -0.3 is 9.64 Å². The van der Waals surface area contributed by atoms with E-state index in [1.54, 1.807) is 18.7 Å². The van der Waals surface area contributed by atoms with Crippen LogP contribution < -0.4 is 19.8 Å². The number of para-hydroxylation sites is 1. The first-order valence-electron chi connectivity index (χ1n) is 11.6. The number of likely N-dealkylation sites (N-methyl/N-ethyl adjacent to an activating group) is 1. The number of allylic oxidation sites excluding steroid dienone is 1. The number of nitrogens with zero attached hydrogens (tertiary/aromatic N) is 3. The van der Waals surface area contributed by atoms with Gasteiger partial charge in [0.15, 0.2) is 4.80 Å². The monoisotopic (exact) mass is 487 g/mol. The number of aromatic nitrogens is 1. The number of amides is 1. The number of carbonyl (C=O) groups excluding carboxylic acids is 2. The van der Waals surface area contributed by atoms with E-state index in [1.165, 1.54) is 15.9 Å². The highest BCUT2D eigenvalue weighted by molar-refractivity contribution is 7.07. The number of benzene rings is 2. The van der Waals surface area contributed by atoms with E-state index in [9.17, 15) is 14.4 Å². The molecular formula is C27H25N3O4S. The Morgan fingerprint density at radius 2 is 1.77 bits per heavy atom. The van der Waals surface area contributed by atoms with E-state index < -0.39 is 12.0 Å². The molecule has 35 heavy (non-hydrogen) atoms. The summed E-state index contributed by atoms with van der Waals surface area (Å²) in [6.45, 7) is 8.09. The smallest absolute Gasteiger partial charge is 0.338 e. The summed E-state index contributed by atoms with van der Waals surface area (Å²) in [4.78, 5) is 47.2. The fourth-order valence-corrected chi connectivity index (χ4v) is 5.86. The summed E-state index contributed by atoms with van der Waals surface area (Å²) in [6, 6.07) is 14.5. The Labute approximate surface area is 206 Å². The third kappa shape index (κ3) is 3.56. The van der Waals surface area contributed by atoms with Gasteiger partial charge in [-0.15, -0.1) is 0 Å². The van der Waals surface area contributed by atoms with Crippen LogP contribution in [0.2, 0.25) is 0 Å². The zero-order valence-corrected chi connectivity index (χ0v) is 20.8. The molecule has 0 bridgehead atoms. The molecule has 3 aromatic rings. The molecule has 0 saturated heterocycles. The van der Waals surface area contributed by atoms with Gasteiger partial charge in [0.1, 0.15) is 4.53 Å². The van der Waals surface area contributed by atoms with Crippen molar-refractivity contribution >= 4 is 34.5 Å². The van der Waals surface area contributed by atoms with Gasteiger partial charge in [-0.3, -0.25) is 14.2 Å². The molecule has 8 heteroatoms. The number of rotatable bonds is 4. The number of thiazole rings is 1. The molecule has 2 aliphatic rings. The number of hydrogen-bond acceptors (Lipinski definition) is 6. The number of esters is 1. The minimum absolute atomic E-state index is 0.202. The lowest BCUT2D eigenvalue weighted by molar-refractivity contribution is -0.139. The van der Waals surface area contributed by atoms with Gasteiger partial charge in [-0.1, -0.05) is 59.4 Å². The van der Waals surface area contributed by atoms with Crippen LogP contribution >= 0.6 is 11.3 Å². The second-order valence-electron chi connectivity index (χ2n) is 8.48. The zero-order valence-electron chi connectivity index (χ0n) is 20.0. The molecule has 0 aliphatic carbocycles. The second-order valence-corrected chi connectivity index (χ2v) is 9.45. The molecular weight excluding hydrogens is 462 g/mol. The van der Waals surface area contributed by atoms with E-state index in [1.807, 2.05) is 62.4 Å². The predicted octanol–water partition coefficient (Wildman–Crippen LogP) is 2.84. The summed E-state index contributed by atoms with van der Waals surface area (Å²) < 4.78 is 7.20. The highest BCUT2D eigenvalue weighted by Gasteiger charge is 2.36. The summed E-state index contributed by atoms with van der Waals surface area (Å²) in [5, 5.41) is 0. The molecule has 1 atom stereocenters. The van der Waals surface area contributed by atoms with Crippen LogP contribution in [0.15, 0.2) is 69.6 Å². The summed E-state index contributed by atoms with van der Waals surface area (Å²) in [7, 11) is 0. The maximum Gasteiger partial charge on any atom is 0.338 e. The van der Waals surface area contributed by atoms with Gasteiger partial charge in [0.2, 0.25) is 0 Å².